The van der Waals surface area contributed by atoms with Crippen molar-refractivity contribution in [3.05, 3.63) is 0 Å². The van der Waals surface area contributed by atoms with Gasteiger partial charge in [-0.3, -0.25) is 0 Å². The molecule has 4 nitrogen and oxygen atoms in total. The van der Waals surface area contributed by atoms with Crippen LogP contribution in [-0.2, 0) is 10.2 Å². The smallest absolute Gasteiger partial charge is 0.205 e. The number of nitrogens with zero attached hydrogens (tertiary/aromatic N) is 1. The molecule has 1 N–H and O–H groups in total. The first-order valence-corrected chi connectivity index (χ1v) is 5.72. The van der Waals surface area contributed by atoms with Crippen LogP contribution in [0.5, 0.6) is 0 Å². The van der Waals surface area contributed by atoms with Crippen LogP contribution in [0, 0.1) is 0 Å². The molecule has 1 fully saturated rings. The summed E-state index contributed by atoms with van der Waals surface area (Å²) in [7, 11) is -1.73. The van der Waals surface area contributed by atoms with Crippen LogP contribution in [0.25, 0.3) is 0 Å². The summed E-state index contributed by atoms with van der Waals surface area (Å²) in [6, 6.07) is 0.149. The molecule has 0 spiro atoms. The lowest BCUT2D eigenvalue weighted by atomic mass is 10.1. The Bertz CT molecular complexity index is 238. The molecule has 1 rings (SSSR count). The normalized spacial score (nSPS) is 27.3. The third-order valence-corrected chi connectivity index (χ3v) is 3.98. The van der Waals surface area contributed by atoms with Crippen molar-refractivity contribution >= 4 is 10.2 Å². The Balaban J connectivity index is 2.72. The van der Waals surface area contributed by atoms with Gasteiger partial charge in [0.25, 0.3) is 10.2 Å². The number of nitrogens with one attached hydrogen (secondary N) is 1. The van der Waals surface area contributed by atoms with E-state index >= 15 is 0 Å². The van der Waals surface area contributed by atoms with Crippen LogP contribution in [0.15, 0.2) is 0 Å². The highest BCUT2D eigenvalue weighted by atomic mass is 32.2. The number of hydrogen-bond acceptors (Lipinski definition) is 2. The zero-order valence-electron chi connectivity index (χ0n) is 7.58. The molecule has 0 aromatic carbocycles. The van der Waals surface area contributed by atoms with Gasteiger partial charge in [-0.25, -0.2) is 4.72 Å². The molecule has 12 heavy (non-hydrogen) atoms. The Morgan fingerprint density at radius 3 is 2.58 bits per heavy atom. The van der Waals surface area contributed by atoms with Gasteiger partial charge in [0, 0.05) is 19.6 Å². The van der Waals surface area contributed by atoms with E-state index < -0.39 is 10.2 Å². The van der Waals surface area contributed by atoms with E-state index in [1.807, 2.05) is 6.92 Å². The molecule has 0 amide bonds. The van der Waals surface area contributed by atoms with Crippen molar-refractivity contribution in [3.8, 4) is 0 Å². The lowest BCUT2D eigenvalue weighted by Crippen LogP contribution is -2.46. The minimum atomic E-state index is -3.19. The van der Waals surface area contributed by atoms with Gasteiger partial charge in [-0.05, 0) is 19.8 Å². The molecule has 1 unspecified atom stereocenters. The minimum absolute atomic E-state index is 0.149. The average Bonchev–Trinajstić information content (AvgIpc) is 2.05. The van der Waals surface area contributed by atoms with Crippen LogP contribution in [0.1, 0.15) is 26.2 Å². The zero-order valence-corrected chi connectivity index (χ0v) is 8.39. The molecule has 1 aliphatic heterocycles. The summed E-state index contributed by atoms with van der Waals surface area (Å²) in [5.41, 5.74) is 0. The number of rotatable bonds is 2. The molecule has 1 saturated heterocycles. The second kappa shape index (κ2) is 3.72. The quantitative estimate of drug-likeness (QED) is 0.685. The molecule has 0 aromatic rings. The van der Waals surface area contributed by atoms with Crippen LogP contribution >= 0.6 is 0 Å². The predicted octanol–water partition coefficient (Wildman–Crippen LogP) is 0.325. The highest BCUT2D eigenvalue weighted by Crippen LogP contribution is 2.18. The topological polar surface area (TPSA) is 49.4 Å². The summed E-state index contributed by atoms with van der Waals surface area (Å²) < 4.78 is 26.6. The molecule has 0 saturated carbocycles. The van der Waals surface area contributed by atoms with E-state index in [0.29, 0.717) is 6.54 Å². The summed E-state index contributed by atoms with van der Waals surface area (Å²) in [5, 5.41) is 0. The van der Waals surface area contributed by atoms with E-state index in [1.54, 1.807) is 0 Å². The van der Waals surface area contributed by atoms with Crippen molar-refractivity contribution in [1.29, 1.82) is 0 Å². The van der Waals surface area contributed by atoms with E-state index in [4.69, 9.17) is 0 Å². The van der Waals surface area contributed by atoms with Gasteiger partial charge in [0.1, 0.15) is 0 Å². The van der Waals surface area contributed by atoms with E-state index in [-0.39, 0.29) is 6.04 Å². The van der Waals surface area contributed by atoms with Gasteiger partial charge in [0.15, 0.2) is 0 Å². The minimum Gasteiger partial charge on any atom is -0.205 e. The van der Waals surface area contributed by atoms with Crippen molar-refractivity contribution < 1.29 is 8.42 Å². The molecule has 1 atom stereocenters. The van der Waals surface area contributed by atoms with Crippen LogP contribution in [-0.4, -0.2) is 32.4 Å². The first-order chi connectivity index (χ1) is 5.58. The molecule has 0 bridgehead atoms. The maximum absolute atomic E-state index is 11.4. The largest absolute Gasteiger partial charge is 0.279 e. The summed E-state index contributed by atoms with van der Waals surface area (Å²) in [6.07, 6.45) is 3.09. The maximum Gasteiger partial charge on any atom is 0.279 e. The second-order valence-corrected chi connectivity index (χ2v) is 4.99. The van der Waals surface area contributed by atoms with Gasteiger partial charge in [-0.15, -0.1) is 0 Å². The van der Waals surface area contributed by atoms with Crippen molar-refractivity contribution in [2.24, 2.45) is 0 Å². The Morgan fingerprint density at radius 2 is 2.08 bits per heavy atom. The predicted molar refractivity (Wildman–Crippen MR) is 48.0 cm³/mol. The van der Waals surface area contributed by atoms with Gasteiger partial charge in [0.05, 0.1) is 0 Å². The molecular weight excluding hydrogens is 176 g/mol. The van der Waals surface area contributed by atoms with E-state index in [2.05, 4.69) is 4.72 Å². The third-order valence-electron chi connectivity index (χ3n) is 2.31. The molecular formula is C7H16N2O2S. The lowest BCUT2D eigenvalue weighted by Gasteiger charge is -2.31. The van der Waals surface area contributed by atoms with Gasteiger partial charge in [-0.2, -0.15) is 12.7 Å². The van der Waals surface area contributed by atoms with Crippen molar-refractivity contribution in [2.45, 2.75) is 32.2 Å². The second-order valence-electron chi connectivity index (χ2n) is 3.16. The van der Waals surface area contributed by atoms with Crippen molar-refractivity contribution in [3.63, 3.8) is 0 Å². The molecule has 5 heteroatoms. The van der Waals surface area contributed by atoms with Crippen molar-refractivity contribution in [2.75, 3.05) is 13.6 Å². The van der Waals surface area contributed by atoms with Gasteiger partial charge in [-0.1, -0.05) is 6.42 Å². The molecule has 1 heterocycles. The molecule has 72 valence electrons. The monoisotopic (exact) mass is 192 g/mol. The highest BCUT2D eigenvalue weighted by molar-refractivity contribution is 7.87. The molecule has 0 aliphatic carbocycles. The van der Waals surface area contributed by atoms with E-state index in [0.717, 1.165) is 19.3 Å². The maximum atomic E-state index is 11.4. The zero-order chi connectivity index (χ0) is 9.19. The summed E-state index contributed by atoms with van der Waals surface area (Å²) >= 11 is 0. The molecule has 1 aliphatic rings. The van der Waals surface area contributed by atoms with E-state index in [1.165, 1.54) is 11.4 Å². The Labute approximate surface area is 74.1 Å². The Morgan fingerprint density at radius 1 is 1.42 bits per heavy atom. The third kappa shape index (κ3) is 1.97. The van der Waals surface area contributed by atoms with E-state index in [9.17, 15) is 8.42 Å². The summed E-state index contributed by atoms with van der Waals surface area (Å²) in [4.78, 5) is 0. The summed E-state index contributed by atoms with van der Waals surface area (Å²) in [6.45, 7) is 2.61. The van der Waals surface area contributed by atoms with Crippen LogP contribution in [0.2, 0.25) is 0 Å². The first-order valence-electron chi connectivity index (χ1n) is 4.28. The fourth-order valence-electron chi connectivity index (χ4n) is 1.55. The fraction of sp³-hybridized carbons (Fsp3) is 1.00. The fourth-order valence-corrected chi connectivity index (χ4v) is 2.73. The van der Waals surface area contributed by atoms with Crippen LogP contribution in [0.3, 0.4) is 0 Å². The van der Waals surface area contributed by atoms with Crippen LogP contribution in [0.4, 0.5) is 0 Å². The average molecular weight is 192 g/mol. The Kier molecular flexibility index (Phi) is 3.09. The van der Waals surface area contributed by atoms with Gasteiger partial charge < -0.3 is 0 Å². The molecule has 0 radical (unpaired) electrons. The van der Waals surface area contributed by atoms with Gasteiger partial charge >= 0.3 is 0 Å². The van der Waals surface area contributed by atoms with Gasteiger partial charge in [0.2, 0.25) is 0 Å². The highest BCUT2D eigenvalue weighted by Gasteiger charge is 2.27. The SMILES string of the molecule is CNS(=O)(=O)N1CCCCC1C. The summed E-state index contributed by atoms with van der Waals surface area (Å²) in [5.74, 6) is 0. The van der Waals surface area contributed by atoms with Crippen molar-refractivity contribution in [1.82, 2.24) is 9.03 Å². The molecule has 0 aromatic heterocycles. The number of piperidine rings is 1. The Hall–Kier alpha value is -0.130. The number of hydrogen-bond donors (Lipinski definition) is 1. The standard InChI is InChI=1S/C7H16N2O2S/c1-7-5-3-4-6-9(7)12(10,11)8-2/h7-8H,3-6H2,1-2H3. The van der Waals surface area contributed by atoms with Crippen LogP contribution < -0.4 is 4.72 Å². The first kappa shape index (κ1) is 9.95. The lowest BCUT2D eigenvalue weighted by molar-refractivity contribution is 0.266.